The molecule has 1 heterocycles. The van der Waals surface area contributed by atoms with Crippen molar-refractivity contribution in [1.82, 2.24) is 5.32 Å². The molecule has 2 aromatic rings. The van der Waals surface area contributed by atoms with Crippen molar-refractivity contribution in [2.75, 3.05) is 37.4 Å². The van der Waals surface area contributed by atoms with Gasteiger partial charge in [-0.25, -0.2) is 0 Å². The standard InChI is InChI=1S/C21H25ClN4O3.HI/c1-23-21(26-17-9-10-18-19(14-17)29-13-3-12-28-18)24-11-2-4-20(27)25-16-7-5-15(22)6-8-16;/h5-10,14H,2-4,11-13H2,1H3,(H,25,27)(H2,23,24,26);1H. The van der Waals surface area contributed by atoms with Gasteiger partial charge in [-0.3, -0.25) is 9.79 Å². The van der Waals surface area contributed by atoms with Gasteiger partial charge in [-0.1, -0.05) is 11.6 Å². The Hall–Kier alpha value is -2.20. The van der Waals surface area contributed by atoms with Gasteiger partial charge in [-0.2, -0.15) is 0 Å². The minimum absolute atomic E-state index is 0. The van der Waals surface area contributed by atoms with Gasteiger partial charge in [0.05, 0.1) is 13.2 Å². The molecule has 7 nitrogen and oxygen atoms in total. The number of hydrogen-bond donors (Lipinski definition) is 3. The minimum Gasteiger partial charge on any atom is -0.490 e. The first kappa shape index (κ1) is 24.1. The second-order valence-electron chi connectivity index (χ2n) is 6.49. The molecule has 1 aliphatic rings. The number of aliphatic imine (C=N–C) groups is 1. The van der Waals surface area contributed by atoms with Crippen LogP contribution in [0.4, 0.5) is 11.4 Å². The lowest BCUT2D eigenvalue weighted by atomic mass is 10.2. The highest BCUT2D eigenvalue weighted by Crippen LogP contribution is 2.32. The van der Waals surface area contributed by atoms with E-state index in [1.165, 1.54) is 0 Å². The Balaban J connectivity index is 0.00000320. The summed E-state index contributed by atoms with van der Waals surface area (Å²) in [4.78, 5) is 16.2. The second-order valence-corrected chi connectivity index (χ2v) is 6.93. The van der Waals surface area contributed by atoms with Crippen molar-refractivity contribution in [3.8, 4) is 11.5 Å². The summed E-state index contributed by atoms with van der Waals surface area (Å²) in [6.45, 7) is 1.91. The van der Waals surface area contributed by atoms with Gasteiger partial charge in [0.15, 0.2) is 17.5 Å². The first-order valence-corrected chi connectivity index (χ1v) is 9.94. The quantitative estimate of drug-likeness (QED) is 0.215. The van der Waals surface area contributed by atoms with E-state index in [2.05, 4.69) is 20.9 Å². The number of nitrogens with one attached hydrogen (secondary N) is 3. The number of carbonyl (C=O) groups excluding carboxylic acids is 1. The number of ether oxygens (including phenoxy) is 2. The maximum absolute atomic E-state index is 12.0. The smallest absolute Gasteiger partial charge is 0.224 e. The largest absolute Gasteiger partial charge is 0.490 e. The topological polar surface area (TPSA) is 84.0 Å². The number of benzene rings is 2. The molecule has 0 saturated carbocycles. The molecule has 9 heteroatoms. The SMILES string of the molecule is CN=C(NCCCC(=O)Nc1ccc(Cl)cc1)Nc1ccc2c(c1)OCCCO2.I. The van der Waals surface area contributed by atoms with Crippen LogP contribution in [0.25, 0.3) is 0 Å². The average molecular weight is 545 g/mol. The van der Waals surface area contributed by atoms with Crippen molar-refractivity contribution >= 4 is 58.8 Å². The molecule has 1 amide bonds. The van der Waals surface area contributed by atoms with E-state index in [-0.39, 0.29) is 29.9 Å². The van der Waals surface area contributed by atoms with Gasteiger partial charge in [0.1, 0.15) is 0 Å². The molecule has 3 rings (SSSR count). The van der Waals surface area contributed by atoms with Crippen LogP contribution in [0, 0.1) is 0 Å². The van der Waals surface area contributed by atoms with E-state index in [4.69, 9.17) is 21.1 Å². The van der Waals surface area contributed by atoms with Gasteiger partial charge in [-0.05, 0) is 42.8 Å². The Bertz CT molecular complexity index is 862. The number of guanidine groups is 1. The summed E-state index contributed by atoms with van der Waals surface area (Å²) < 4.78 is 11.3. The first-order valence-electron chi connectivity index (χ1n) is 9.57. The maximum Gasteiger partial charge on any atom is 0.224 e. The van der Waals surface area contributed by atoms with E-state index >= 15 is 0 Å². The van der Waals surface area contributed by atoms with E-state index in [1.54, 1.807) is 31.3 Å². The number of fused-ring (bicyclic) bond motifs is 1. The van der Waals surface area contributed by atoms with Crippen molar-refractivity contribution in [3.05, 3.63) is 47.5 Å². The molecule has 0 fully saturated rings. The van der Waals surface area contributed by atoms with Gasteiger partial charge in [0.2, 0.25) is 5.91 Å². The third-order valence-electron chi connectivity index (χ3n) is 4.23. The summed E-state index contributed by atoms with van der Waals surface area (Å²) in [7, 11) is 1.70. The lowest BCUT2D eigenvalue weighted by molar-refractivity contribution is -0.116. The minimum atomic E-state index is -0.0417. The molecule has 162 valence electrons. The molecule has 30 heavy (non-hydrogen) atoms. The van der Waals surface area contributed by atoms with Crippen molar-refractivity contribution in [3.63, 3.8) is 0 Å². The molecule has 1 aliphatic heterocycles. The van der Waals surface area contributed by atoms with Crippen molar-refractivity contribution in [2.45, 2.75) is 19.3 Å². The molecule has 0 unspecified atom stereocenters. The fourth-order valence-corrected chi connectivity index (χ4v) is 2.90. The van der Waals surface area contributed by atoms with Crippen LogP contribution in [0.1, 0.15) is 19.3 Å². The molecule has 0 spiro atoms. The van der Waals surface area contributed by atoms with Crippen LogP contribution < -0.4 is 25.4 Å². The number of nitrogens with zero attached hydrogens (tertiary/aromatic N) is 1. The van der Waals surface area contributed by atoms with E-state index < -0.39 is 0 Å². The van der Waals surface area contributed by atoms with E-state index in [1.807, 2.05) is 18.2 Å². The van der Waals surface area contributed by atoms with Gasteiger partial charge < -0.3 is 25.4 Å². The zero-order valence-corrected chi connectivity index (χ0v) is 19.8. The highest BCUT2D eigenvalue weighted by Gasteiger charge is 2.11. The maximum atomic E-state index is 12.0. The predicted molar refractivity (Wildman–Crippen MR) is 132 cm³/mol. The zero-order chi connectivity index (χ0) is 20.5. The van der Waals surface area contributed by atoms with Crippen LogP contribution in [-0.2, 0) is 4.79 Å². The Morgan fingerprint density at radius 1 is 1.03 bits per heavy atom. The monoisotopic (exact) mass is 544 g/mol. The molecule has 2 aromatic carbocycles. The van der Waals surface area contributed by atoms with Gasteiger partial charge in [0.25, 0.3) is 0 Å². The Kier molecular flexibility index (Phi) is 10.0. The molecule has 0 saturated heterocycles. The van der Waals surface area contributed by atoms with E-state index in [0.29, 0.717) is 43.6 Å². The Morgan fingerprint density at radius 3 is 2.47 bits per heavy atom. The van der Waals surface area contributed by atoms with E-state index in [0.717, 1.165) is 29.3 Å². The van der Waals surface area contributed by atoms with Crippen molar-refractivity contribution < 1.29 is 14.3 Å². The highest BCUT2D eigenvalue weighted by molar-refractivity contribution is 14.0. The third-order valence-corrected chi connectivity index (χ3v) is 4.49. The highest BCUT2D eigenvalue weighted by atomic mass is 127. The third kappa shape index (κ3) is 7.56. The average Bonchev–Trinajstić information content (AvgIpc) is 2.97. The van der Waals surface area contributed by atoms with Crippen molar-refractivity contribution in [1.29, 1.82) is 0 Å². The fraction of sp³-hybridized carbons (Fsp3) is 0.333. The number of amides is 1. The summed E-state index contributed by atoms with van der Waals surface area (Å²) in [5.41, 5.74) is 1.59. The molecule has 3 N–H and O–H groups in total. The van der Waals surface area contributed by atoms with Crippen LogP contribution >= 0.6 is 35.6 Å². The summed E-state index contributed by atoms with van der Waals surface area (Å²) in [5.74, 6) is 2.06. The summed E-state index contributed by atoms with van der Waals surface area (Å²) in [5, 5.41) is 9.92. The number of halogens is 2. The van der Waals surface area contributed by atoms with Crippen LogP contribution in [0.15, 0.2) is 47.5 Å². The lowest BCUT2D eigenvalue weighted by Gasteiger charge is -2.14. The molecule has 0 bridgehead atoms. The van der Waals surface area contributed by atoms with Crippen LogP contribution in [0.3, 0.4) is 0 Å². The fourth-order valence-electron chi connectivity index (χ4n) is 2.77. The Morgan fingerprint density at radius 2 is 1.73 bits per heavy atom. The van der Waals surface area contributed by atoms with Crippen LogP contribution in [-0.4, -0.2) is 38.7 Å². The molecular weight excluding hydrogens is 519 g/mol. The normalized spacial score (nSPS) is 12.9. The zero-order valence-electron chi connectivity index (χ0n) is 16.7. The summed E-state index contributed by atoms with van der Waals surface area (Å²) in [6, 6.07) is 12.7. The summed E-state index contributed by atoms with van der Waals surface area (Å²) in [6.07, 6.45) is 1.93. The van der Waals surface area contributed by atoms with Gasteiger partial charge >= 0.3 is 0 Å². The molecule has 0 aliphatic carbocycles. The second kappa shape index (κ2) is 12.5. The first-order chi connectivity index (χ1) is 14.1. The number of rotatable bonds is 6. The van der Waals surface area contributed by atoms with Crippen molar-refractivity contribution in [2.24, 2.45) is 4.99 Å². The van der Waals surface area contributed by atoms with Crippen LogP contribution in [0.5, 0.6) is 11.5 Å². The molecule has 0 atom stereocenters. The van der Waals surface area contributed by atoms with E-state index in [9.17, 15) is 4.79 Å². The van der Waals surface area contributed by atoms with Gasteiger partial charge in [-0.15, -0.1) is 24.0 Å². The lowest BCUT2D eigenvalue weighted by Crippen LogP contribution is -2.31. The molecule has 0 radical (unpaired) electrons. The molecule has 0 aromatic heterocycles. The number of hydrogen-bond acceptors (Lipinski definition) is 4. The number of anilines is 2. The number of carbonyl (C=O) groups is 1. The van der Waals surface area contributed by atoms with Gasteiger partial charge in [0, 0.05) is 48.9 Å². The van der Waals surface area contributed by atoms with Crippen LogP contribution in [0.2, 0.25) is 5.02 Å². The molecular formula is C21H26ClIN4O3. The predicted octanol–water partition coefficient (Wildman–Crippen LogP) is 4.53. The Labute approximate surface area is 198 Å². The summed E-state index contributed by atoms with van der Waals surface area (Å²) >= 11 is 5.84.